The molecule has 0 aromatic heterocycles. The van der Waals surface area contributed by atoms with Gasteiger partial charge < -0.3 is 15.4 Å². The summed E-state index contributed by atoms with van der Waals surface area (Å²) in [6.07, 6.45) is 0. The lowest BCUT2D eigenvalue weighted by Gasteiger charge is -2.09. The number of hydrogen-bond acceptors (Lipinski definition) is 3. The number of carbonyl (C=O) groups excluding carboxylic acids is 2. The van der Waals surface area contributed by atoms with Gasteiger partial charge in [-0.05, 0) is 24.3 Å². The third kappa shape index (κ3) is 4.99. The molecule has 1 aromatic rings. The first-order valence-electron chi connectivity index (χ1n) is 6.24. The summed E-state index contributed by atoms with van der Waals surface area (Å²) >= 11 is 0. The summed E-state index contributed by atoms with van der Waals surface area (Å²) in [5, 5.41) is 5.47. The van der Waals surface area contributed by atoms with Gasteiger partial charge in [-0.25, -0.2) is 0 Å². The van der Waals surface area contributed by atoms with Crippen LogP contribution < -0.4 is 15.4 Å². The molecule has 0 unspecified atom stereocenters. The van der Waals surface area contributed by atoms with Crippen LogP contribution in [0.4, 0.5) is 0 Å². The summed E-state index contributed by atoms with van der Waals surface area (Å²) in [5.41, 5.74) is 0.566. The molecule has 0 aliphatic heterocycles. The smallest absolute Gasteiger partial charge is 0.251 e. The molecule has 0 radical (unpaired) electrons. The summed E-state index contributed by atoms with van der Waals surface area (Å²) < 4.78 is 5.02. The van der Waals surface area contributed by atoms with E-state index in [0.29, 0.717) is 24.4 Å². The molecule has 0 spiro atoms. The fourth-order valence-corrected chi connectivity index (χ4v) is 1.41. The minimum Gasteiger partial charge on any atom is -0.497 e. The van der Waals surface area contributed by atoms with Gasteiger partial charge in [0.2, 0.25) is 5.91 Å². The molecule has 0 saturated heterocycles. The standard InChI is InChI=1S/C14H20N2O3/c1-10(2)13(17)15-8-9-16-14(18)11-4-6-12(19-3)7-5-11/h4-7,10H,8-9H2,1-3H3,(H,15,17)(H,16,18). The fraction of sp³-hybridized carbons (Fsp3) is 0.429. The second kappa shape index (κ2) is 7.41. The van der Waals surface area contributed by atoms with E-state index in [0.717, 1.165) is 0 Å². The van der Waals surface area contributed by atoms with Crippen LogP contribution in [0, 0.1) is 5.92 Å². The zero-order valence-electron chi connectivity index (χ0n) is 11.5. The Morgan fingerprint density at radius 1 is 1.11 bits per heavy atom. The van der Waals surface area contributed by atoms with Gasteiger partial charge >= 0.3 is 0 Å². The van der Waals surface area contributed by atoms with E-state index in [-0.39, 0.29) is 17.7 Å². The van der Waals surface area contributed by atoms with Crippen molar-refractivity contribution < 1.29 is 14.3 Å². The summed E-state index contributed by atoms with van der Waals surface area (Å²) in [5.74, 6) is 0.484. The van der Waals surface area contributed by atoms with Gasteiger partial charge in [0.05, 0.1) is 7.11 Å². The number of carbonyl (C=O) groups is 2. The molecule has 104 valence electrons. The molecule has 1 rings (SSSR count). The lowest BCUT2D eigenvalue weighted by atomic mass is 10.2. The van der Waals surface area contributed by atoms with Crippen molar-refractivity contribution in [3.63, 3.8) is 0 Å². The molecule has 19 heavy (non-hydrogen) atoms. The van der Waals surface area contributed by atoms with Crippen molar-refractivity contribution in [3.05, 3.63) is 29.8 Å². The quantitative estimate of drug-likeness (QED) is 0.759. The van der Waals surface area contributed by atoms with E-state index in [1.807, 2.05) is 13.8 Å². The molecular weight excluding hydrogens is 244 g/mol. The molecule has 2 amide bonds. The lowest BCUT2D eigenvalue weighted by molar-refractivity contribution is -0.123. The van der Waals surface area contributed by atoms with Crippen LogP contribution in [0.5, 0.6) is 5.75 Å². The van der Waals surface area contributed by atoms with E-state index < -0.39 is 0 Å². The third-order valence-corrected chi connectivity index (χ3v) is 2.59. The Morgan fingerprint density at radius 2 is 1.68 bits per heavy atom. The van der Waals surface area contributed by atoms with E-state index >= 15 is 0 Å². The van der Waals surface area contributed by atoms with Crippen LogP contribution in [0.3, 0.4) is 0 Å². The zero-order chi connectivity index (χ0) is 14.3. The molecule has 0 bridgehead atoms. The molecule has 5 heteroatoms. The number of benzene rings is 1. The van der Waals surface area contributed by atoms with Crippen molar-refractivity contribution in [2.45, 2.75) is 13.8 Å². The summed E-state index contributed by atoms with van der Waals surface area (Å²) in [6.45, 7) is 4.48. The van der Waals surface area contributed by atoms with Gasteiger partial charge in [-0.2, -0.15) is 0 Å². The average molecular weight is 264 g/mol. The van der Waals surface area contributed by atoms with Crippen LogP contribution in [-0.4, -0.2) is 32.0 Å². The van der Waals surface area contributed by atoms with Gasteiger partial charge in [-0.1, -0.05) is 13.8 Å². The van der Waals surface area contributed by atoms with Crippen LogP contribution in [0.25, 0.3) is 0 Å². The molecule has 0 saturated carbocycles. The van der Waals surface area contributed by atoms with Crippen LogP contribution >= 0.6 is 0 Å². The predicted molar refractivity (Wildman–Crippen MR) is 73.2 cm³/mol. The minimum absolute atomic E-state index is 0.0151. The zero-order valence-corrected chi connectivity index (χ0v) is 11.5. The fourth-order valence-electron chi connectivity index (χ4n) is 1.41. The average Bonchev–Trinajstić information content (AvgIpc) is 2.43. The van der Waals surface area contributed by atoms with Crippen LogP contribution in [0.2, 0.25) is 0 Å². The largest absolute Gasteiger partial charge is 0.497 e. The van der Waals surface area contributed by atoms with Gasteiger partial charge in [0.15, 0.2) is 0 Å². The normalized spacial score (nSPS) is 10.1. The van der Waals surface area contributed by atoms with Crippen molar-refractivity contribution in [1.29, 1.82) is 0 Å². The van der Waals surface area contributed by atoms with Gasteiger partial charge in [0.25, 0.3) is 5.91 Å². The van der Waals surface area contributed by atoms with E-state index in [1.165, 1.54) is 0 Å². The van der Waals surface area contributed by atoms with E-state index in [1.54, 1.807) is 31.4 Å². The second-order valence-electron chi connectivity index (χ2n) is 4.43. The molecule has 0 aliphatic carbocycles. The summed E-state index contributed by atoms with van der Waals surface area (Å²) in [6, 6.07) is 6.85. The maximum absolute atomic E-state index is 11.8. The molecule has 0 aliphatic rings. The van der Waals surface area contributed by atoms with Crippen molar-refractivity contribution >= 4 is 11.8 Å². The van der Waals surface area contributed by atoms with E-state index in [9.17, 15) is 9.59 Å². The maximum atomic E-state index is 11.8. The maximum Gasteiger partial charge on any atom is 0.251 e. The Morgan fingerprint density at radius 3 is 2.21 bits per heavy atom. The van der Waals surface area contributed by atoms with Crippen LogP contribution in [0.1, 0.15) is 24.2 Å². The lowest BCUT2D eigenvalue weighted by Crippen LogP contribution is -2.36. The predicted octanol–water partition coefficient (Wildman–Crippen LogP) is 1.20. The molecule has 2 N–H and O–H groups in total. The van der Waals surface area contributed by atoms with Crippen molar-refractivity contribution in [2.75, 3.05) is 20.2 Å². The molecular formula is C14H20N2O3. The third-order valence-electron chi connectivity index (χ3n) is 2.59. The van der Waals surface area contributed by atoms with Gasteiger partial charge in [-0.15, -0.1) is 0 Å². The molecule has 0 fully saturated rings. The Bertz CT molecular complexity index is 427. The van der Waals surface area contributed by atoms with Crippen molar-refractivity contribution in [2.24, 2.45) is 5.92 Å². The van der Waals surface area contributed by atoms with E-state index in [2.05, 4.69) is 10.6 Å². The topological polar surface area (TPSA) is 67.4 Å². The highest BCUT2D eigenvalue weighted by atomic mass is 16.5. The summed E-state index contributed by atoms with van der Waals surface area (Å²) in [4.78, 5) is 23.0. The minimum atomic E-state index is -0.165. The molecule has 0 heterocycles. The number of nitrogens with one attached hydrogen (secondary N) is 2. The molecule has 5 nitrogen and oxygen atoms in total. The van der Waals surface area contributed by atoms with Crippen LogP contribution in [-0.2, 0) is 4.79 Å². The first-order chi connectivity index (χ1) is 9.04. The Kier molecular flexibility index (Phi) is 5.85. The van der Waals surface area contributed by atoms with Crippen LogP contribution in [0.15, 0.2) is 24.3 Å². The Labute approximate surface area is 113 Å². The second-order valence-corrected chi connectivity index (χ2v) is 4.43. The number of ether oxygens (including phenoxy) is 1. The first-order valence-corrected chi connectivity index (χ1v) is 6.24. The number of amides is 2. The highest BCUT2D eigenvalue weighted by Gasteiger charge is 2.07. The SMILES string of the molecule is COc1ccc(C(=O)NCCNC(=O)C(C)C)cc1. The van der Waals surface area contributed by atoms with E-state index in [4.69, 9.17) is 4.74 Å². The molecule has 0 atom stereocenters. The monoisotopic (exact) mass is 264 g/mol. The van der Waals surface area contributed by atoms with Crippen molar-refractivity contribution in [1.82, 2.24) is 10.6 Å². The number of methoxy groups -OCH3 is 1. The van der Waals surface area contributed by atoms with Crippen molar-refractivity contribution in [3.8, 4) is 5.75 Å². The highest BCUT2D eigenvalue weighted by Crippen LogP contribution is 2.10. The molecule has 1 aromatic carbocycles. The summed E-state index contributed by atoms with van der Waals surface area (Å²) in [7, 11) is 1.58. The van der Waals surface area contributed by atoms with Gasteiger partial charge in [-0.3, -0.25) is 9.59 Å². The Hall–Kier alpha value is -2.04. The first kappa shape index (κ1) is 15.0. The number of hydrogen-bond donors (Lipinski definition) is 2. The van der Waals surface area contributed by atoms with Gasteiger partial charge in [0.1, 0.15) is 5.75 Å². The van der Waals surface area contributed by atoms with Gasteiger partial charge in [0, 0.05) is 24.6 Å². The highest BCUT2D eigenvalue weighted by molar-refractivity contribution is 5.94. The number of rotatable bonds is 6. The Balaban J connectivity index is 2.33.